The predicted octanol–water partition coefficient (Wildman–Crippen LogP) is 1.95. The number of hydrogen-bond acceptors (Lipinski definition) is 6. The van der Waals surface area contributed by atoms with E-state index in [1.165, 1.54) is 22.2 Å². The molecule has 0 aliphatic rings. The van der Waals surface area contributed by atoms with Gasteiger partial charge < -0.3 is 4.74 Å². The van der Waals surface area contributed by atoms with Crippen LogP contribution in [0.4, 0.5) is 0 Å². The summed E-state index contributed by atoms with van der Waals surface area (Å²) in [5.41, 5.74) is 1.05. The Balaban J connectivity index is 1.95. The number of carbonyl (C=O) groups is 1. The van der Waals surface area contributed by atoms with E-state index in [2.05, 4.69) is 9.97 Å². The molecule has 22 heavy (non-hydrogen) atoms. The van der Waals surface area contributed by atoms with Gasteiger partial charge in [0.05, 0.1) is 29.6 Å². The van der Waals surface area contributed by atoms with Crippen molar-refractivity contribution in [3.63, 3.8) is 0 Å². The molecule has 112 valence electrons. The fourth-order valence-corrected chi connectivity index (χ4v) is 2.84. The van der Waals surface area contributed by atoms with E-state index in [1.807, 2.05) is 6.07 Å². The molecule has 0 amide bonds. The highest BCUT2D eigenvalue weighted by Crippen LogP contribution is 2.15. The fraction of sp³-hybridized carbons (Fsp3) is 0.200. The summed E-state index contributed by atoms with van der Waals surface area (Å²) in [6.07, 6.45) is 1.55. The molecular formula is C15H13N3O3S. The second-order valence-corrected chi connectivity index (χ2v) is 5.38. The molecule has 0 N–H and O–H groups in total. The number of esters is 1. The summed E-state index contributed by atoms with van der Waals surface area (Å²) >= 11 is 1.29. The lowest BCUT2D eigenvalue weighted by Crippen LogP contribution is -2.18. The zero-order valence-electron chi connectivity index (χ0n) is 11.9. The minimum absolute atomic E-state index is 0.0973. The van der Waals surface area contributed by atoms with Gasteiger partial charge in [-0.25, -0.2) is 14.5 Å². The van der Waals surface area contributed by atoms with Crippen molar-refractivity contribution in [1.82, 2.24) is 14.5 Å². The van der Waals surface area contributed by atoms with E-state index < -0.39 is 0 Å². The molecule has 6 nitrogen and oxygen atoms in total. The first kappa shape index (κ1) is 14.4. The summed E-state index contributed by atoms with van der Waals surface area (Å²) in [6, 6.07) is 7.15. The minimum atomic E-state index is -0.330. The third-order valence-electron chi connectivity index (χ3n) is 3.04. The molecule has 2 heterocycles. The van der Waals surface area contributed by atoms with Crippen LogP contribution >= 0.6 is 11.3 Å². The Hall–Kier alpha value is -2.54. The lowest BCUT2D eigenvalue weighted by atomic mass is 10.2. The molecule has 0 saturated carbocycles. The number of carbonyl (C=O) groups excluding carboxylic acids is 1. The molecule has 0 radical (unpaired) electrons. The van der Waals surface area contributed by atoms with Gasteiger partial charge in [0.15, 0.2) is 5.13 Å². The van der Waals surface area contributed by atoms with Gasteiger partial charge in [0.25, 0.3) is 5.56 Å². The molecule has 0 atom stereocenters. The topological polar surface area (TPSA) is 74.1 Å². The van der Waals surface area contributed by atoms with Crippen LogP contribution in [0.5, 0.6) is 0 Å². The second-order valence-electron chi connectivity index (χ2n) is 4.54. The first-order valence-corrected chi connectivity index (χ1v) is 7.64. The molecule has 0 aliphatic heterocycles. The summed E-state index contributed by atoms with van der Waals surface area (Å²) in [7, 11) is 0. The van der Waals surface area contributed by atoms with Crippen LogP contribution in [0.3, 0.4) is 0 Å². The molecule has 0 bridgehead atoms. The molecule has 0 fully saturated rings. The highest BCUT2D eigenvalue weighted by molar-refractivity contribution is 7.12. The molecular weight excluding hydrogens is 302 g/mol. The van der Waals surface area contributed by atoms with E-state index in [1.54, 1.807) is 30.5 Å². The molecule has 0 saturated heterocycles. The lowest BCUT2D eigenvalue weighted by molar-refractivity contribution is -0.142. The average molecular weight is 315 g/mol. The van der Waals surface area contributed by atoms with Crippen molar-refractivity contribution in [3.8, 4) is 5.13 Å². The van der Waals surface area contributed by atoms with Crippen LogP contribution in [0.1, 0.15) is 12.6 Å². The van der Waals surface area contributed by atoms with Gasteiger partial charge in [0, 0.05) is 5.38 Å². The number of para-hydroxylation sites is 1. The molecule has 3 aromatic rings. The van der Waals surface area contributed by atoms with Crippen molar-refractivity contribution < 1.29 is 9.53 Å². The second kappa shape index (κ2) is 6.07. The van der Waals surface area contributed by atoms with Gasteiger partial charge >= 0.3 is 5.97 Å². The largest absolute Gasteiger partial charge is 0.466 e. The third kappa shape index (κ3) is 2.75. The predicted molar refractivity (Wildman–Crippen MR) is 83.3 cm³/mol. The van der Waals surface area contributed by atoms with E-state index in [0.29, 0.717) is 28.3 Å². The van der Waals surface area contributed by atoms with E-state index in [0.717, 1.165) is 0 Å². The Morgan fingerprint density at radius 3 is 3.00 bits per heavy atom. The van der Waals surface area contributed by atoms with Crippen LogP contribution < -0.4 is 5.56 Å². The molecule has 1 aromatic carbocycles. The number of hydrogen-bond donors (Lipinski definition) is 0. The van der Waals surface area contributed by atoms with Crippen molar-refractivity contribution in [3.05, 3.63) is 52.0 Å². The summed E-state index contributed by atoms with van der Waals surface area (Å²) in [5.74, 6) is -0.330. The van der Waals surface area contributed by atoms with Gasteiger partial charge in [-0.15, -0.1) is 11.3 Å². The van der Waals surface area contributed by atoms with Crippen molar-refractivity contribution in [2.45, 2.75) is 13.3 Å². The number of nitrogens with zero attached hydrogens (tertiary/aromatic N) is 3. The fourth-order valence-electron chi connectivity index (χ4n) is 2.05. The first-order valence-electron chi connectivity index (χ1n) is 6.76. The maximum Gasteiger partial charge on any atom is 0.311 e. The van der Waals surface area contributed by atoms with Gasteiger partial charge in [-0.1, -0.05) is 12.1 Å². The quantitative estimate of drug-likeness (QED) is 0.688. The number of benzene rings is 1. The van der Waals surface area contributed by atoms with Crippen LogP contribution in [-0.4, -0.2) is 27.1 Å². The highest BCUT2D eigenvalue weighted by atomic mass is 32.1. The Kier molecular flexibility index (Phi) is 3.97. The van der Waals surface area contributed by atoms with Crippen molar-refractivity contribution in [2.75, 3.05) is 6.61 Å². The van der Waals surface area contributed by atoms with Gasteiger partial charge in [0.1, 0.15) is 6.33 Å². The minimum Gasteiger partial charge on any atom is -0.466 e. The molecule has 0 aliphatic carbocycles. The highest BCUT2D eigenvalue weighted by Gasteiger charge is 2.12. The summed E-state index contributed by atoms with van der Waals surface area (Å²) in [4.78, 5) is 32.5. The number of rotatable bonds is 4. The van der Waals surface area contributed by atoms with Gasteiger partial charge in [0.2, 0.25) is 0 Å². The van der Waals surface area contributed by atoms with Crippen molar-refractivity contribution >= 4 is 28.2 Å². The molecule has 0 unspecified atom stereocenters. The Bertz CT molecular complexity index is 885. The van der Waals surface area contributed by atoms with Gasteiger partial charge in [-0.2, -0.15) is 0 Å². The van der Waals surface area contributed by atoms with Crippen molar-refractivity contribution in [2.24, 2.45) is 0 Å². The number of thiazole rings is 1. The van der Waals surface area contributed by atoms with Crippen molar-refractivity contribution in [1.29, 1.82) is 0 Å². The number of ether oxygens (including phenoxy) is 1. The van der Waals surface area contributed by atoms with Crippen LogP contribution in [0.15, 0.2) is 40.8 Å². The summed E-state index contributed by atoms with van der Waals surface area (Å²) in [5, 5.41) is 2.77. The van der Waals surface area contributed by atoms with E-state index >= 15 is 0 Å². The van der Waals surface area contributed by atoms with Crippen LogP contribution in [0.25, 0.3) is 16.0 Å². The molecule has 0 spiro atoms. The first-order chi connectivity index (χ1) is 10.7. The normalized spacial score (nSPS) is 10.8. The van der Waals surface area contributed by atoms with Crippen LogP contribution in [-0.2, 0) is 16.0 Å². The standard InChI is InChI=1S/C15H13N3O3S/c1-2-21-13(19)7-10-8-22-15(17-10)18-9-16-12-6-4-3-5-11(12)14(18)20/h3-6,8-9H,2,7H2,1H3. The Morgan fingerprint density at radius 1 is 1.36 bits per heavy atom. The summed E-state index contributed by atoms with van der Waals surface area (Å²) < 4.78 is 6.28. The average Bonchev–Trinajstić information content (AvgIpc) is 2.96. The number of fused-ring (bicyclic) bond motifs is 1. The Morgan fingerprint density at radius 2 is 2.18 bits per heavy atom. The maximum absolute atomic E-state index is 12.5. The molecule has 3 rings (SSSR count). The third-order valence-corrected chi connectivity index (χ3v) is 3.93. The van der Waals surface area contributed by atoms with Crippen LogP contribution in [0.2, 0.25) is 0 Å². The van der Waals surface area contributed by atoms with Crippen LogP contribution in [0, 0.1) is 0 Å². The number of aromatic nitrogens is 3. The zero-order valence-corrected chi connectivity index (χ0v) is 12.7. The zero-order chi connectivity index (χ0) is 15.5. The van der Waals surface area contributed by atoms with E-state index in [4.69, 9.17) is 4.74 Å². The lowest BCUT2D eigenvalue weighted by Gasteiger charge is -2.02. The molecule has 2 aromatic heterocycles. The smallest absolute Gasteiger partial charge is 0.311 e. The van der Waals surface area contributed by atoms with E-state index in [-0.39, 0.29) is 17.9 Å². The maximum atomic E-state index is 12.5. The van der Waals surface area contributed by atoms with E-state index in [9.17, 15) is 9.59 Å². The monoisotopic (exact) mass is 315 g/mol. The summed E-state index contributed by atoms with van der Waals surface area (Å²) in [6.45, 7) is 2.09. The Labute approximate surface area is 130 Å². The van der Waals surface area contributed by atoms with Gasteiger partial charge in [-0.3, -0.25) is 9.59 Å². The SMILES string of the molecule is CCOC(=O)Cc1csc(-n2cnc3ccccc3c2=O)n1. The van der Waals surface area contributed by atoms with Gasteiger partial charge in [-0.05, 0) is 19.1 Å². The molecule has 7 heteroatoms.